The van der Waals surface area contributed by atoms with E-state index in [1.165, 1.54) is 11.8 Å². The molecule has 2 atom stereocenters. The van der Waals surface area contributed by atoms with Crippen molar-refractivity contribution in [2.75, 3.05) is 17.6 Å². The number of hydrogen-bond donors (Lipinski definition) is 3. The van der Waals surface area contributed by atoms with Gasteiger partial charge in [-0.3, -0.25) is 4.79 Å². The maximum absolute atomic E-state index is 12.1. The Hall–Kier alpha value is -2.12. The highest BCUT2D eigenvalue weighted by Gasteiger charge is 2.26. The van der Waals surface area contributed by atoms with Crippen LogP contribution >= 0.6 is 23.5 Å². The monoisotopic (exact) mass is 387 g/mol. The molecule has 0 aromatic heterocycles. The van der Waals surface area contributed by atoms with Crippen LogP contribution in [0.3, 0.4) is 0 Å². The molecule has 1 aliphatic rings. The van der Waals surface area contributed by atoms with E-state index in [4.69, 9.17) is 0 Å². The number of urea groups is 1. The highest BCUT2D eigenvalue weighted by molar-refractivity contribution is 8.18. The summed E-state index contributed by atoms with van der Waals surface area (Å²) < 4.78 is -0.196. The SMILES string of the molecule is C[C@H](NC(=O)NCCSC1Sc2ccccc2NC1=O)c1ccccc1. The van der Waals surface area contributed by atoms with Gasteiger partial charge in [0.05, 0.1) is 11.7 Å². The molecule has 0 saturated carbocycles. The van der Waals surface area contributed by atoms with Gasteiger partial charge < -0.3 is 16.0 Å². The van der Waals surface area contributed by atoms with E-state index in [0.29, 0.717) is 12.3 Å². The van der Waals surface area contributed by atoms with Crippen LogP contribution in [-0.2, 0) is 4.79 Å². The van der Waals surface area contributed by atoms with Crippen molar-refractivity contribution in [1.82, 2.24) is 10.6 Å². The predicted octanol–water partition coefficient (Wildman–Crippen LogP) is 3.85. The van der Waals surface area contributed by atoms with Crippen molar-refractivity contribution in [3.05, 3.63) is 60.2 Å². The van der Waals surface area contributed by atoms with E-state index in [9.17, 15) is 9.59 Å². The summed E-state index contributed by atoms with van der Waals surface area (Å²) in [6, 6.07) is 17.3. The van der Waals surface area contributed by atoms with Gasteiger partial charge in [-0.05, 0) is 24.6 Å². The van der Waals surface area contributed by atoms with Crippen LogP contribution in [0.25, 0.3) is 0 Å². The summed E-state index contributed by atoms with van der Waals surface area (Å²) in [6.07, 6.45) is 0. The normalized spacial score (nSPS) is 17.0. The quantitative estimate of drug-likeness (QED) is 0.659. The molecule has 0 spiro atoms. The van der Waals surface area contributed by atoms with Crippen LogP contribution in [0, 0.1) is 0 Å². The molecule has 1 aliphatic heterocycles. The maximum Gasteiger partial charge on any atom is 0.315 e. The third-order valence-corrected chi connectivity index (χ3v) is 6.59. The lowest BCUT2D eigenvalue weighted by Gasteiger charge is -2.23. The van der Waals surface area contributed by atoms with Crippen LogP contribution in [0.5, 0.6) is 0 Å². The van der Waals surface area contributed by atoms with Crippen molar-refractivity contribution in [2.24, 2.45) is 0 Å². The van der Waals surface area contributed by atoms with Crippen molar-refractivity contribution >= 4 is 41.1 Å². The van der Waals surface area contributed by atoms with Gasteiger partial charge in [0.15, 0.2) is 0 Å². The lowest BCUT2D eigenvalue weighted by atomic mass is 10.1. The lowest BCUT2D eigenvalue weighted by molar-refractivity contribution is -0.114. The number of benzene rings is 2. The first-order valence-corrected chi connectivity index (χ1v) is 10.3. The second-order valence-corrected chi connectivity index (χ2v) is 8.50. The summed E-state index contributed by atoms with van der Waals surface area (Å²) in [5.41, 5.74) is 1.93. The minimum Gasteiger partial charge on any atom is -0.337 e. The van der Waals surface area contributed by atoms with E-state index < -0.39 is 0 Å². The first kappa shape index (κ1) is 18.7. The van der Waals surface area contributed by atoms with Gasteiger partial charge in [0.1, 0.15) is 4.58 Å². The van der Waals surface area contributed by atoms with Crippen molar-refractivity contribution in [1.29, 1.82) is 0 Å². The number of thioether (sulfide) groups is 2. The van der Waals surface area contributed by atoms with Crippen LogP contribution < -0.4 is 16.0 Å². The largest absolute Gasteiger partial charge is 0.337 e. The molecule has 2 aromatic rings. The summed E-state index contributed by atoms with van der Waals surface area (Å²) in [4.78, 5) is 25.2. The van der Waals surface area contributed by atoms with Crippen molar-refractivity contribution < 1.29 is 9.59 Å². The topological polar surface area (TPSA) is 70.2 Å². The molecule has 2 aromatic carbocycles. The second-order valence-electron chi connectivity index (χ2n) is 5.84. The molecule has 7 heteroatoms. The van der Waals surface area contributed by atoms with Gasteiger partial charge >= 0.3 is 6.03 Å². The molecule has 26 heavy (non-hydrogen) atoms. The van der Waals surface area contributed by atoms with E-state index in [-0.39, 0.29) is 22.6 Å². The number of nitrogens with one attached hydrogen (secondary N) is 3. The van der Waals surface area contributed by atoms with Crippen LogP contribution in [-0.4, -0.2) is 28.8 Å². The Labute approximate surface area is 161 Å². The van der Waals surface area contributed by atoms with Crippen molar-refractivity contribution in [3.63, 3.8) is 0 Å². The number of fused-ring (bicyclic) bond motifs is 1. The van der Waals surface area contributed by atoms with E-state index in [1.807, 2.05) is 61.5 Å². The van der Waals surface area contributed by atoms with Gasteiger partial charge in [-0.2, -0.15) is 0 Å². The summed E-state index contributed by atoms with van der Waals surface area (Å²) in [5, 5.41) is 8.68. The standard InChI is InChI=1S/C19H21N3O2S2/c1-13(14-7-3-2-4-8-14)21-19(24)20-11-12-25-18-17(23)22-15-9-5-6-10-16(15)26-18/h2-10,13,18H,11-12H2,1H3,(H,22,23)(H2,20,21,24)/t13-,18?/m0/s1. The number of carbonyl (C=O) groups excluding carboxylic acids is 2. The molecule has 1 heterocycles. The molecule has 0 saturated heterocycles. The molecule has 3 amide bonds. The van der Waals surface area contributed by atoms with E-state index in [1.54, 1.807) is 11.8 Å². The third kappa shape index (κ3) is 4.95. The molecule has 5 nitrogen and oxygen atoms in total. The summed E-state index contributed by atoms with van der Waals surface area (Å²) in [6.45, 7) is 2.45. The zero-order chi connectivity index (χ0) is 18.4. The van der Waals surface area contributed by atoms with Crippen LogP contribution in [0.4, 0.5) is 10.5 Å². The number of carbonyl (C=O) groups is 2. The zero-order valence-electron chi connectivity index (χ0n) is 14.4. The number of para-hydroxylation sites is 1. The average molecular weight is 388 g/mol. The molecular formula is C19H21N3O2S2. The molecular weight excluding hydrogens is 366 g/mol. The summed E-state index contributed by atoms with van der Waals surface area (Å²) in [7, 11) is 0. The molecule has 0 bridgehead atoms. The first-order chi connectivity index (χ1) is 12.6. The molecule has 1 unspecified atom stereocenters. The van der Waals surface area contributed by atoms with Gasteiger partial charge in [-0.15, -0.1) is 11.8 Å². The van der Waals surface area contributed by atoms with Crippen molar-refractivity contribution in [2.45, 2.75) is 22.4 Å². The van der Waals surface area contributed by atoms with Crippen LogP contribution in [0.1, 0.15) is 18.5 Å². The van der Waals surface area contributed by atoms with Gasteiger partial charge in [0.25, 0.3) is 0 Å². The molecule has 3 N–H and O–H groups in total. The van der Waals surface area contributed by atoms with Crippen LogP contribution in [0.15, 0.2) is 59.5 Å². The molecule has 0 aliphatic carbocycles. The van der Waals surface area contributed by atoms with E-state index in [0.717, 1.165) is 16.1 Å². The Kier molecular flexibility index (Phi) is 6.46. The predicted molar refractivity (Wildman–Crippen MR) is 109 cm³/mol. The zero-order valence-corrected chi connectivity index (χ0v) is 16.0. The molecule has 0 radical (unpaired) electrons. The number of hydrogen-bond acceptors (Lipinski definition) is 4. The summed E-state index contributed by atoms with van der Waals surface area (Å²) in [5.74, 6) is 0.668. The fourth-order valence-electron chi connectivity index (χ4n) is 2.55. The van der Waals surface area contributed by atoms with Gasteiger partial charge in [0.2, 0.25) is 5.91 Å². The Morgan fingerprint density at radius 2 is 1.92 bits per heavy atom. The average Bonchev–Trinajstić information content (AvgIpc) is 2.66. The Balaban J connectivity index is 1.39. The number of rotatable bonds is 6. The molecule has 3 rings (SSSR count). The van der Waals surface area contributed by atoms with Gasteiger partial charge in [-0.25, -0.2) is 4.79 Å². The Bertz CT molecular complexity index is 770. The van der Waals surface area contributed by atoms with Crippen molar-refractivity contribution in [3.8, 4) is 0 Å². The van der Waals surface area contributed by atoms with E-state index >= 15 is 0 Å². The van der Waals surface area contributed by atoms with Gasteiger partial charge in [0, 0.05) is 17.2 Å². The Morgan fingerprint density at radius 1 is 1.19 bits per heavy atom. The van der Waals surface area contributed by atoms with Crippen LogP contribution in [0.2, 0.25) is 0 Å². The highest BCUT2D eigenvalue weighted by atomic mass is 32.2. The maximum atomic E-state index is 12.1. The number of anilines is 1. The second kappa shape index (κ2) is 9.00. The minimum absolute atomic E-state index is 0.000788. The number of amides is 3. The minimum atomic E-state index is -0.201. The highest BCUT2D eigenvalue weighted by Crippen LogP contribution is 2.39. The lowest BCUT2D eigenvalue weighted by Crippen LogP contribution is -2.38. The molecule has 0 fully saturated rings. The van der Waals surface area contributed by atoms with Gasteiger partial charge in [-0.1, -0.05) is 54.2 Å². The fourth-order valence-corrected chi connectivity index (χ4v) is 4.86. The summed E-state index contributed by atoms with van der Waals surface area (Å²) >= 11 is 3.09. The Morgan fingerprint density at radius 3 is 2.73 bits per heavy atom. The third-order valence-electron chi connectivity index (χ3n) is 3.90. The first-order valence-electron chi connectivity index (χ1n) is 8.41. The molecule has 136 valence electrons. The fraction of sp³-hybridized carbons (Fsp3) is 0.263. The smallest absolute Gasteiger partial charge is 0.315 e. The van der Waals surface area contributed by atoms with E-state index in [2.05, 4.69) is 16.0 Å².